The maximum Gasteiger partial charge on any atom is 0.240 e. The minimum absolute atomic E-state index is 0.00994. The zero-order valence-electron chi connectivity index (χ0n) is 12.1. The van der Waals surface area contributed by atoms with Crippen molar-refractivity contribution in [3.8, 4) is 0 Å². The molecule has 20 heavy (non-hydrogen) atoms. The summed E-state index contributed by atoms with van der Waals surface area (Å²) < 4.78 is 27.5. The number of likely N-dealkylation sites (N-methyl/N-ethyl adjacent to an activating group) is 1. The van der Waals surface area contributed by atoms with Gasteiger partial charge in [-0.05, 0) is 51.2 Å². The van der Waals surface area contributed by atoms with E-state index in [9.17, 15) is 8.42 Å². The van der Waals surface area contributed by atoms with Crippen LogP contribution in [-0.4, -0.2) is 46.5 Å². The van der Waals surface area contributed by atoms with Crippen LogP contribution in [0.25, 0.3) is 0 Å². The van der Waals surface area contributed by atoms with Crippen molar-refractivity contribution in [1.29, 1.82) is 0 Å². The fourth-order valence-corrected chi connectivity index (χ4v) is 3.80. The monoisotopic (exact) mass is 297 g/mol. The van der Waals surface area contributed by atoms with Crippen molar-refractivity contribution < 1.29 is 8.42 Å². The molecule has 1 aromatic rings. The quantitative estimate of drug-likeness (QED) is 0.843. The van der Waals surface area contributed by atoms with Crippen LogP contribution < -0.4 is 10.0 Å². The molecule has 1 fully saturated rings. The Labute approximate surface area is 121 Å². The van der Waals surface area contributed by atoms with Gasteiger partial charge in [-0.2, -0.15) is 0 Å². The summed E-state index contributed by atoms with van der Waals surface area (Å²) in [4.78, 5) is 2.50. The van der Waals surface area contributed by atoms with Crippen molar-refractivity contribution in [2.75, 3.05) is 27.2 Å². The van der Waals surface area contributed by atoms with E-state index in [0.717, 1.165) is 38.0 Å². The molecule has 0 aliphatic carbocycles. The predicted molar refractivity (Wildman–Crippen MR) is 80.0 cm³/mol. The van der Waals surface area contributed by atoms with Crippen molar-refractivity contribution in [3.05, 3.63) is 29.8 Å². The number of piperidine rings is 1. The summed E-state index contributed by atoms with van der Waals surface area (Å²) >= 11 is 0. The summed E-state index contributed by atoms with van der Waals surface area (Å²) in [6.45, 7) is 2.55. The minimum Gasteiger partial charge on any atom is -0.316 e. The van der Waals surface area contributed by atoms with Crippen LogP contribution in [0.2, 0.25) is 0 Å². The Morgan fingerprint density at radius 3 is 2.60 bits per heavy atom. The van der Waals surface area contributed by atoms with E-state index in [0.29, 0.717) is 4.90 Å². The number of benzene rings is 1. The highest BCUT2D eigenvalue weighted by Gasteiger charge is 2.23. The molecule has 2 rings (SSSR count). The van der Waals surface area contributed by atoms with Gasteiger partial charge in [0.1, 0.15) is 0 Å². The Bertz CT molecular complexity index is 528. The first-order valence-corrected chi connectivity index (χ1v) is 8.44. The molecule has 0 saturated carbocycles. The standard InChI is InChI=1S/C14H23N3O2S/c1-15-10-12-5-7-14(8-6-12)20(18,19)16-13-4-3-9-17(2)11-13/h5-8,13,15-16H,3-4,9-11H2,1-2H3. The maximum absolute atomic E-state index is 12.3. The summed E-state index contributed by atoms with van der Waals surface area (Å²) in [5, 5.41) is 3.04. The minimum atomic E-state index is -3.41. The second-order valence-corrected chi connectivity index (χ2v) is 7.11. The first-order chi connectivity index (χ1) is 9.51. The van der Waals surface area contributed by atoms with E-state index in [-0.39, 0.29) is 6.04 Å². The van der Waals surface area contributed by atoms with Gasteiger partial charge in [-0.25, -0.2) is 13.1 Å². The van der Waals surface area contributed by atoms with Gasteiger partial charge < -0.3 is 10.2 Å². The van der Waals surface area contributed by atoms with Gasteiger partial charge in [0.2, 0.25) is 10.0 Å². The lowest BCUT2D eigenvalue weighted by atomic mass is 10.1. The molecule has 6 heteroatoms. The molecule has 1 heterocycles. The highest BCUT2D eigenvalue weighted by Crippen LogP contribution is 2.14. The summed E-state index contributed by atoms with van der Waals surface area (Å²) in [7, 11) is 0.476. The van der Waals surface area contributed by atoms with E-state index in [1.165, 1.54) is 0 Å². The molecule has 2 N–H and O–H groups in total. The Morgan fingerprint density at radius 2 is 2.00 bits per heavy atom. The van der Waals surface area contributed by atoms with Gasteiger partial charge >= 0.3 is 0 Å². The first kappa shape index (κ1) is 15.4. The van der Waals surface area contributed by atoms with Crippen molar-refractivity contribution in [2.24, 2.45) is 0 Å². The smallest absolute Gasteiger partial charge is 0.240 e. The predicted octanol–water partition coefficient (Wildman–Crippen LogP) is 0.779. The topological polar surface area (TPSA) is 61.4 Å². The lowest BCUT2D eigenvalue weighted by Crippen LogP contribution is -2.46. The average Bonchev–Trinajstić information content (AvgIpc) is 2.39. The van der Waals surface area contributed by atoms with Crippen LogP contribution in [0.1, 0.15) is 18.4 Å². The van der Waals surface area contributed by atoms with Gasteiger partial charge in [0.05, 0.1) is 4.90 Å². The highest BCUT2D eigenvalue weighted by molar-refractivity contribution is 7.89. The zero-order chi connectivity index (χ0) is 14.6. The Balaban J connectivity index is 2.05. The molecule has 1 saturated heterocycles. The van der Waals surface area contributed by atoms with Crippen molar-refractivity contribution in [3.63, 3.8) is 0 Å². The molecule has 0 spiro atoms. The van der Waals surface area contributed by atoms with Crippen molar-refractivity contribution in [2.45, 2.75) is 30.3 Å². The van der Waals surface area contributed by atoms with Gasteiger partial charge in [-0.15, -0.1) is 0 Å². The van der Waals surface area contributed by atoms with E-state index in [2.05, 4.69) is 14.9 Å². The molecule has 0 bridgehead atoms. The number of nitrogens with zero attached hydrogens (tertiary/aromatic N) is 1. The van der Waals surface area contributed by atoms with E-state index in [4.69, 9.17) is 0 Å². The van der Waals surface area contributed by atoms with Crippen LogP contribution >= 0.6 is 0 Å². The Hall–Kier alpha value is -0.950. The summed E-state index contributed by atoms with van der Waals surface area (Å²) in [5.74, 6) is 0. The number of rotatable bonds is 5. The molecular formula is C14H23N3O2S. The number of hydrogen-bond donors (Lipinski definition) is 2. The van der Waals surface area contributed by atoms with E-state index in [1.807, 2.05) is 26.2 Å². The second kappa shape index (κ2) is 6.67. The normalized spacial score (nSPS) is 21.0. The molecule has 1 aliphatic heterocycles. The third-order valence-corrected chi connectivity index (χ3v) is 5.10. The molecule has 1 unspecified atom stereocenters. The fraction of sp³-hybridized carbons (Fsp3) is 0.571. The third kappa shape index (κ3) is 4.02. The SMILES string of the molecule is CNCc1ccc(S(=O)(=O)NC2CCCN(C)C2)cc1. The van der Waals surface area contributed by atoms with Crippen LogP contribution in [0.15, 0.2) is 29.2 Å². The van der Waals surface area contributed by atoms with Gasteiger partial charge in [-0.1, -0.05) is 12.1 Å². The van der Waals surface area contributed by atoms with E-state index in [1.54, 1.807) is 12.1 Å². The molecule has 112 valence electrons. The fourth-order valence-electron chi connectivity index (χ4n) is 2.54. The number of likely N-dealkylation sites (tertiary alicyclic amines) is 1. The lowest BCUT2D eigenvalue weighted by Gasteiger charge is -2.29. The van der Waals surface area contributed by atoms with Crippen LogP contribution in [0, 0.1) is 0 Å². The van der Waals surface area contributed by atoms with Gasteiger partial charge in [0.25, 0.3) is 0 Å². The van der Waals surface area contributed by atoms with Gasteiger partial charge in [0.15, 0.2) is 0 Å². The second-order valence-electron chi connectivity index (χ2n) is 5.40. The van der Waals surface area contributed by atoms with Gasteiger partial charge in [-0.3, -0.25) is 0 Å². The number of hydrogen-bond acceptors (Lipinski definition) is 4. The summed E-state index contributed by atoms with van der Waals surface area (Å²) in [5.41, 5.74) is 1.07. The maximum atomic E-state index is 12.3. The van der Waals surface area contributed by atoms with Crippen LogP contribution in [0.4, 0.5) is 0 Å². The molecular weight excluding hydrogens is 274 g/mol. The molecule has 0 radical (unpaired) electrons. The molecule has 1 atom stereocenters. The lowest BCUT2D eigenvalue weighted by molar-refractivity contribution is 0.242. The molecule has 1 aromatic carbocycles. The summed E-state index contributed by atoms with van der Waals surface area (Å²) in [6, 6.07) is 7.04. The van der Waals surface area contributed by atoms with Crippen LogP contribution in [-0.2, 0) is 16.6 Å². The summed E-state index contributed by atoms with van der Waals surface area (Å²) in [6.07, 6.45) is 1.94. The Kier molecular flexibility index (Phi) is 5.15. The van der Waals surface area contributed by atoms with Gasteiger partial charge in [0, 0.05) is 19.1 Å². The number of nitrogens with one attached hydrogen (secondary N) is 2. The van der Waals surface area contributed by atoms with E-state index < -0.39 is 10.0 Å². The molecule has 1 aliphatic rings. The Morgan fingerprint density at radius 1 is 1.30 bits per heavy atom. The molecule has 5 nitrogen and oxygen atoms in total. The van der Waals surface area contributed by atoms with Crippen LogP contribution in [0.5, 0.6) is 0 Å². The highest BCUT2D eigenvalue weighted by atomic mass is 32.2. The largest absolute Gasteiger partial charge is 0.316 e. The molecule has 0 amide bonds. The van der Waals surface area contributed by atoms with Crippen molar-refractivity contribution >= 4 is 10.0 Å². The van der Waals surface area contributed by atoms with Crippen LogP contribution in [0.3, 0.4) is 0 Å². The zero-order valence-corrected chi connectivity index (χ0v) is 12.9. The van der Waals surface area contributed by atoms with Crippen molar-refractivity contribution in [1.82, 2.24) is 14.9 Å². The number of sulfonamides is 1. The van der Waals surface area contributed by atoms with E-state index >= 15 is 0 Å². The molecule has 0 aromatic heterocycles. The average molecular weight is 297 g/mol. The third-order valence-electron chi connectivity index (χ3n) is 3.56. The first-order valence-electron chi connectivity index (χ1n) is 6.95.